The lowest BCUT2D eigenvalue weighted by Crippen LogP contribution is -2.30. The molecule has 2 saturated heterocycles. The van der Waals surface area contributed by atoms with E-state index in [1.165, 1.54) is 12.3 Å². The summed E-state index contributed by atoms with van der Waals surface area (Å²) in [6.45, 7) is 5.63. The van der Waals surface area contributed by atoms with Crippen molar-refractivity contribution in [1.29, 1.82) is 0 Å². The minimum absolute atomic E-state index is 0.0995. The van der Waals surface area contributed by atoms with Crippen molar-refractivity contribution < 1.29 is 14.3 Å². The van der Waals surface area contributed by atoms with E-state index < -0.39 is 17.2 Å². The van der Waals surface area contributed by atoms with Crippen LogP contribution in [0.4, 0.5) is 10.1 Å². The molecule has 27 heavy (non-hydrogen) atoms. The number of carboxylic acid groups (broad SMARTS) is 1. The second-order valence-electron chi connectivity index (χ2n) is 7.96. The van der Waals surface area contributed by atoms with Crippen molar-refractivity contribution in [3.05, 3.63) is 39.4 Å². The number of hydrogen-bond acceptors (Lipinski definition) is 4. The van der Waals surface area contributed by atoms with Gasteiger partial charge in [0.2, 0.25) is 5.43 Å². The van der Waals surface area contributed by atoms with Crippen molar-refractivity contribution in [1.82, 2.24) is 9.88 Å². The maximum atomic E-state index is 15.1. The van der Waals surface area contributed by atoms with Gasteiger partial charge in [0.05, 0.1) is 11.2 Å². The van der Waals surface area contributed by atoms with Gasteiger partial charge < -0.3 is 19.9 Å². The Kier molecular flexibility index (Phi) is 4.22. The predicted molar refractivity (Wildman–Crippen MR) is 102 cm³/mol. The summed E-state index contributed by atoms with van der Waals surface area (Å²) in [5, 5.41) is 9.26. The maximum absolute atomic E-state index is 15.1. The maximum Gasteiger partial charge on any atom is 0.341 e. The zero-order valence-corrected chi connectivity index (χ0v) is 15.6. The normalized spacial score (nSPS) is 23.0. The summed E-state index contributed by atoms with van der Waals surface area (Å²) in [7, 11) is 2.12. The number of halogens is 1. The number of carbonyl (C=O) groups is 1. The first-order valence-electron chi connectivity index (χ1n) is 9.39. The van der Waals surface area contributed by atoms with Crippen LogP contribution in [-0.2, 0) is 6.42 Å². The molecule has 4 rings (SSSR count). The van der Waals surface area contributed by atoms with Crippen molar-refractivity contribution in [2.45, 2.75) is 26.2 Å². The van der Waals surface area contributed by atoms with Gasteiger partial charge >= 0.3 is 5.97 Å². The first-order chi connectivity index (χ1) is 12.8. The van der Waals surface area contributed by atoms with E-state index in [0.717, 1.165) is 44.6 Å². The van der Waals surface area contributed by atoms with Crippen molar-refractivity contribution in [2.24, 2.45) is 5.41 Å². The number of aromatic amines is 1. The Morgan fingerprint density at radius 3 is 2.70 bits per heavy atom. The molecule has 7 heteroatoms. The summed E-state index contributed by atoms with van der Waals surface area (Å²) in [5.41, 5.74) is 1.02. The van der Waals surface area contributed by atoms with Crippen molar-refractivity contribution >= 4 is 22.6 Å². The number of nitrogens with one attached hydrogen (secondary N) is 1. The molecule has 1 atom stereocenters. The molecule has 3 heterocycles. The predicted octanol–water partition coefficient (Wildman–Crippen LogP) is 2.46. The second-order valence-corrected chi connectivity index (χ2v) is 7.96. The van der Waals surface area contributed by atoms with E-state index in [2.05, 4.69) is 21.8 Å². The van der Waals surface area contributed by atoms with Gasteiger partial charge in [-0.25, -0.2) is 9.18 Å². The average Bonchev–Trinajstić information content (AvgIpc) is 3.20. The number of aromatic nitrogens is 1. The molecule has 1 aromatic heterocycles. The smallest absolute Gasteiger partial charge is 0.341 e. The molecule has 2 fully saturated rings. The summed E-state index contributed by atoms with van der Waals surface area (Å²) in [4.78, 5) is 31.1. The number of aromatic carboxylic acids is 1. The van der Waals surface area contributed by atoms with Crippen LogP contribution >= 0.6 is 0 Å². The minimum atomic E-state index is -1.31. The van der Waals surface area contributed by atoms with Crippen LogP contribution in [0.5, 0.6) is 0 Å². The summed E-state index contributed by atoms with van der Waals surface area (Å²) in [6, 6.07) is 1.20. The SMILES string of the molecule is CCc1c(N2CCC3(CCN(C)C3)C2)c(F)cc2c(=O)c(C(=O)O)c[nH]c12. The molecule has 0 amide bonds. The first-order valence-corrected chi connectivity index (χ1v) is 9.39. The van der Waals surface area contributed by atoms with E-state index in [4.69, 9.17) is 5.11 Å². The van der Waals surface area contributed by atoms with E-state index >= 15 is 4.39 Å². The van der Waals surface area contributed by atoms with E-state index in [0.29, 0.717) is 17.6 Å². The van der Waals surface area contributed by atoms with Crippen LogP contribution in [0.15, 0.2) is 17.1 Å². The highest BCUT2D eigenvalue weighted by Crippen LogP contribution is 2.43. The third-order valence-corrected chi connectivity index (χ3v) is 6.17. The van der Waals surface area contributed by atoms with Crippen LogP contribution in [-0.4, -0.2) is 54.2 Å². The lowest BCUT2D eigenvalue weighted by Gasteiger charge is -2.27. The highest BCUT2D eigenvalue weighted by molar-refractivity contribution is 5.94. The molecule has 0 radical (unpaired) electrons. The quantitative estimate of drug-likeness (QED) is 0.864. The Bertz CT molecular complexity index is 987. The summed E-state index contributed by atoms with van der Waals surface area (Å²) < 4.78 is 15.1. The molecule has 2 aromatic rings. The van der Waals surface area contributed by atoms with Gasteiger partial charge in [-0.15, -0.1) is 0 Å². The number of hydrogen-bond donors (Lipinski definition) is 2. The fourth-order valence-electron chi connectivity index (χ4n) is 4.85. The molecule has 2 aliphatic rings. The third-order valence-electron chi connectivity index (χ3n) is 6.17. The monoisotopic (exact) mass is 373 g/mol. The van der Waals surface area contributed by atoms with Gasteiger partial charge in [0.25, 0.3) is 0 Å². The number of aryl methyl sites for hydroxylation is 1. The van der Waals surface area contributed by atoms with Crippen LogP contribution in [0.1, 0.15) is 35.7 Å². The minimum Gasteiger partial charge on any atom is -0.477 e. The van der Waals surface area contributed by atoms with E-state index in [9.17, 15) is 9.59 Å². The summed E-state index contributed by atoms with van der Waals surface area (Å²) >= 11 is 0. The second kappa shape index (κ2) is 6.34. The fourth-order valence-corrected chi connectivity index (χ4v) is 4.85. The van der Waals surface area contributed by atoms with Crippen molar-refractivity contribution in [3.8, 4) is 0 Å². The lowest BCUT2D eigenvalue weighted by molar-refractivity contribution is 0.0695. The standard InChI is InChI=1S/C20H24FN3O3/c1-3-12-16-13(18(25)14(9-22-16)19(26)27)8-15(21)17(12)24-7-5-20(11-24)4-6-23(2)10-20/h8-9H,3-7,10-11H2,1-2H3,(H,22,25)(H,26,27). The molecule has 1 aromatic carbocycles. The van der Waals surface area contributed by atoms with E-state index in [1.807, 2.05) is 6.92 Å². The highest BCUT2D eigenvalue weighted by atomic mass is 19.1. The Morgan fingerprint density at radius 2 is 2.07 bits per heavy atom. The number of pyridine rings is 1. The molecule has 2 N–H and O–H groups in total. The zero-order valence-electron chi connectivity index (χ0n) is 15.6. The number of likely N-dealkylation sites (tertiary alicyclic amines) is 1. The van der Waals surface area contributed by atoms with Gasteiger partial charge in [-0.05, 0) is 38.9 Å². The van der Waals surface area contributed by atoms with Crippen LogP contribution in [0, 0.1) is 11.2 Å². The highest BCUT2D eigenvalue weighted by Gasteiger charge is 2.43. The largest absolute Gasteiger partial charge is 0.477 e. The van der Waals surface area contributed by atoms with Gasteiger partial charge in [0.1, 0.15) is 11.4 Å². The van der Waals surface area contributed by atoms with Crippen LogP contribution in [0.3, 0.4) is 0 Å². The fraction of sp³-hybridized carbons (Fsp3) is 0.500. The van der Waals surface area contributed by atoms with Gasteiger partial charge in [-0.1, -0.05) is 6.92 Å². The molecule has 2 aliphatic heterocycles. The number of nitrogens with zero attached hydrogens (tertiary/aromatic N) is 2. The Balaban J connectivity index is 1.82. The van der Waals surface area contributed by atoms with Crippen LogP contribution < -0.4 is 10.3 Å². The average molecular weight is 373 g/mol. The van der Waals surface area contributed by atoms with Crippen LogP contribution in [0.2, 0.25) is 0 Å². The molecule has 1 unspecified atom stereocenters. The Hall–Kier alpha value is -2.41. The van der Waals surface area contributed by atoms with Gasteiger partial charge in [0.15, 0.2) is 0 Å². The molecule has 6 nitrogen and oxygen atoms in total. The van der Waals surface area contributed by atoms with E-state index in [-0.39, 0.29) is 16.4 Å². The number of H-pyrrole nitrogens is 1. The van der Waals surface area contributed by atoms with Crippen molar-refractivity contribution in [2.75, 3.05) is 38.1 Å². The number of rotatable bonds is 3. The lowest BCUT2D eigenvalue weighted by atomic mass is 9.86. The third kappa shape index (κ3) is 2.81. The summed E-state index contributed by atoms with van der Waals surface area (Å²) in [6.07, 6.45) is 3.92. The summed E-state index contributed by atoms with van der Waals surface area (Å²) in [5.74, 6) is -1.76. The van der Waals surface area contributed by atoms with Crippen molar-refractivity contribution in [3.63, 3.8) is 0 Å². The molecule has 0 aliphatic carbocycles. The Morgan fingerprint density at radius 1 is 1.33 bits per heavy atom. The number of benzene rings is 1. The molecular weight excluding hydrogens is 349 g/mol. The number of fused-ring (bicyclic) bond motifs is 1. The van der Waals surface area contributed by atoms with Crippen LogP contribution in [0.25, 0.3) is 10.9 Å². The first kappa shape index (κ1) is 18.0. The molecular formula is C20H24FN3O3. The van der Waals surface area contributed by atoms with Gasteiger partial charge in [-0.2, -0.15) is 0 Å². The molecule has 1 spiro atoms. The zero-order chi connectivity index (χ0) is 19.3. The van der Waals surface area contributed by atoms with Gasteiger partial charge in [-0.3, -0.25) is 4.79 Å². The molecule has 0 saturated carbocycles. The topological polar surface area (TPSA) is 76.6 Å². The molecule has 0 bridgehead atoms. The van der Waals surface area contributed by atoms with E-state index in [1.54, 1.807) is 0 Å². The number of anilines is 1. The van der Waals surface area contributed by atoms with Gasteiger partial charge in [0, 0.05) is 42.2 Å². The Labute approximate surface area is 156 Å². The molecule has 144 valence electrons. The number of carboxylic acids is 1.